The molecule has 5 nitrogen and oxygen atoms in total. The summed E-state index contributed by atoms with van der Waals surface area (Å²) in [4.78, 5) is 19.4. The maximum absolute atomic E-state index is 13.1. The van der Waals surface area contributed by atoms with Crippen LogP contribution in [0.2, 0.25) is 0 Å². The lowest BCUT2D eigenvalue weighted by molar-refractivity contribution is -0.0498. The maximum atomic E-state index is 13.1. The van der Waals surface area contributed by atoms with Crippen molar-refractivity contribution in [3.63, 3.8) is 0 Å². The van der Waals surface area contributed by atoms with E-state index in [4.69, 9.17) is 4.74 Å². The molecule has 0 N–H and O–H groups in total. The third-order valence-corrected chi connectivity index (χ3v) is 5.39. The maximum Gasteiger partial charge on any atom is 0.387 e. The van der Waals surface area contributed by atoms with Crippen LogP contribution in [-0.2, 0) is 0 Å². The number of carbonyl (C=O) groups is 1. The summed E-state index contributed by atoms with van der Waals surface area (Å²) in [5.74, 6) is 1.28. The van der Waals surface area contributed by atoms with Crippen molar-refractivity contribution in [2.45, 2.75) is 26.0 Å². The first-order valence-corrected chi connectivity index (χ1v) is 9.74. The van der Waals surface area contributed by atoms with Gasteiger partial charge in [-0.15, -0.1) is 0 Å². The van der Waals surface area contributed by atoms with Crippen LogP contribution in [0.25, 0.3) is 0 Å². The number of nitrogens with zero attached hydrogens (tertiary/aromatic N) is 2. The summed E-state index contributed by atoms with van der Waals surface area (Å²) in [6, 6.07) is 13.0. The molecule has 1 aliphatic heterocycles. The van der Waals surface area contributed by atoms with Gasteiger partial charge in [0.2, 0.25) is 0 Å². The zero-order valence-electron chi connectivity index (χ0n) is 15.5. The van der Waals surface area contributed by atoms with Crippen LogP contribution in [-0.4, -0.2) is 41.5 Å². The largest absolute Gasteiger partial charge is 0.497 e. The van der Waals surface area contributed by atoms with Crippen LogP contribution < -0.4 is 9.47 Å². The van der Waals surface area contributed by atoms with Gasteiger partial charge in [0.05, 0.1) is 12.8 Å². The van der Waals surface area contributed by atoms with Crippen molar-refractivity contribution in [1.82, 2.24) is 4.90 Å². The summed E-state index contributed by atoms with van der Waals surface area (Å²) in [6.07, 6.45) is 0.785. The molecule has 0 aliphatic carbocycles. The van der Waals surface area contributed by atoms with Gasteiger partial charge >= 0.3 is 6.61 Å². The normalized spacial score (nSPS) is 18.0. The van der Waals surface area contributed by atoms with Crippen molar-refractivity contribution in [3.8, 4) is 11.5 Å². The minimum atomic E-state index is -2.90. The van der Waals surface area contributed by atoms with Crippen molar-refractivity contribution in [1.29, 1.82) is 0 Å². The quantitative estimate of drug-likeness (QED) is 0.681. The highest BCUT2D eigenvalue weighted by Crippen LogP contribution is 2.31. The number of thioether (sulfide) groups is 1. The number of hydrogen-bond donors (Lipinski definition) is 0. The highest BCUT2D eigenvalue weighted by atomic mass is 32.2. The molecular weight excluding hydrogens is 386 g/mol. The van der Waals surface area contributed by atoms with E-state index in [1.54, 1.807) is 12.0 Å². The molecule has 1 atom stereocenters. The van der Waals surface area contributed by atoms with Crippen molar-refractivity contribution >= 4 is 28.5 Å². The van der Waals surface area contributed by atoms with Crippen LogP contribution in [0.1, 0.15) is 23.7 Å². The Kier molecular flexibility index (Phi) is 6.51. The summed E-state index contributed by atoms with van der Waals surface area (Å²) in [7, 11) is 1.59. The number of halogens is 2. The molecule has 0 radical (unpaired) electrons. The SMILES string of the molecule is CC[C@H]1CSC(=Nc2ccc(OC)cc2)N1C(=O)c1ccc(OC(F)F)cc1. The van der Waals surface area contributed by atoms with E-state index in [1.807, 2.05) is 31.2 Å². The first-order chi connectivity index (χ1) is 13.5. The topological polar surface area (TPSA) is 51.1 Å². The zero-order chi connectivity index (χ0) is 20.1. The number of carbonyl (C=O) groups excluding carboxylic acids is 1. The van der Waals surface area contributed by atoms with Gasteiger partial charge in [0.1, 0.15) is 11.5 Å². The van der Waals surface area contributed by atoms with Crippen LogP contribution in [0.4, 0.5) is 14.5 Å². The summed E-state index contributed by atoms with van der Waals surface area (Å²) in [5, 5.41) is 0.620. The monoisotopic (exact) mass is 406 g/mol. The van der Waals surface area contributed by atoms with Gasteiger partial charge in [-0.25, -0.2) is 4.99 Å². The van der Waals surface area contributed by atoms with E-state index in [1.165, 1.54) is 36.0 Å². The summed E-state index contributed by atoms with van der Waals surface area (Å²) < 4.78 is 34.1. The minimum Gasteiger partial charge on any atom is -0.497 e. The van der Waals surface area contributed by atoms with Crippen molar-refractivity contribution in [2.24, 2.45) is 4.99 Å². The van der Waals surface area contributed by atoms with Gasteiger partial charge in [0, 0.05) is 17.4 Å². The van der Waals surface area contributed by atoms with Gasteiger partial charge in [-0.2, -0.15) is 8.78 Å². The Balaban J connectivity index is 1.84. The number of amides is 1. The Morgan fingerprint density at radius 1 is 1.18 bits per heavy atom. The second kappa shape index (κ2) is 9.05. The van der Waals surface area contributed by atoms with E-state index in [2.05, 4.69) is 9.73 Å². The number of ether oxygens (including phenoxy) is 2. The number of hydrogen-bond acceptors (Lipinski definition) is 5. The lowest BCUT2D eigenvalue weighted by Gasteiger charge is -2.23. The van der Waals surface area contributed by atoms with Gasteiger partial charge in [-0.1, -0.05) is 18.7 Å². The molecule has 0 aromatic heterocycles. The fraction of sp³-hybridized carbons (Fsp3) is 0.300. The summed E-state index contributed by atoms with van der Waals surface area (Å²) in [6.45, 7) is -0.884. The third-order valence-electron chi connectivity index (χ3n) is 4.29. The predicted molar refractivity (Wildman–Crippen MR) is 106 cm³/mol. The Morgan fingerprint density at radius 2 is 1.82 bits per heavy atom. The number of methoxy groups -OCH3 is 1. The molecule has 1 aliphatic rings. The molecule has 0 spiro atoms. The molecule has 1 heterocycles. The van der Waals surface area contributed by atoms with E-state index < -0.39 is 6.61 Å². The number of alkyl halides is 2. The molecule has 3 rings (SSSR count). The van der Waals surface area contributed by atoms with E-state index >= 15 is 0 Å². The van der Waals surface area contributed by atoms with Gasteiger partial charge in [-0.3, -0.25) is 9.69 Å². The molecule has 0 unspecified atom stereocenters. The van der Waals surface area contributed by atoms with Gasteiger partial charge in [-0.05, 0) is 55.0 Å². The van der Waals surface area contributed by atoms with Crippen LogP contribution in [0, 0.1) is 0 Å². The second-order valence-corrected chi connectivity index (χ2v) is 7.03. The number of aliphatic imine (C=N–C) groups is 1. The van der Waals surface area contributed by atoms with E-state index in [0.29, 0.717) is 10.7 Å². The van der Waals surface area contributed by atoms with E-state index in [0.717, 1.165) is 23.6 Å². The number of benzene rings is 2. The molecule has 1 saturated heterocycles. The van der Waals surface area contributed by atoms with Crippen LogP contribution in [0.5, 0.6) is 11.5 Å². The predicted octanol–water partition coefficient (Wildman–Crippen LogP) is 4.95. The highest BCUT2D eigenvalue weighted by molar-refractivity contribution is 8.14. The molecule has 2 aromatic carbocycles. The lowest BCUT2D eigenvalue weighted by atomic mass is 10.1. The Labute approximate surface area is 166 Å². The average Bonchev–Trinajstić information content (AvgIpc) is 3.10. The standard InChI is InChI=1S/C20H20F2N2O3S/c1-3-15-12-28-20(23-14-6-10-16(26-2)11-7-14)24(15)18(25)13-4-8-17(9-5-13)27-19(21)22/h4-11,15,19H,3,12H2,1-2H3/t15-/m0/s1. The minimum absolute atomic E-state index is 0.0153. The molecule has 0 saturated carbocycles. The fourth-order valence-electron chi connectivity index (χ4n) is 2.80. The second-order valence-electron chi connectivity index (χ2n) is 6.04. The molecule has 148 valence electrons. The lowest BCUT2D eigenvalue weighted by Crippen LogP contribution is -2.39. The number of amidine groups is 1. The molecule has 8 heteroatoms. The Hall–Kier alpha value is -2.61. The first-order valence-electron chi connectivity index (χ1n) is 8.75. The van der Waals surface area contributed by atoms with Crippen molar-refractivity contribution in [2.75, 3.05) is 12.9 Å². The summed E-state index contributed by atoms with van der Waals surface area (Å²) >= 11 is 1.52. The van der Waals surface area contributed by atoms with Gasteiger partial charge < -0.3 is 9.47 Å². The number of rotatable bonds is 6. The fourth-order valence-corrected chi connectivity index (χ4v) is 4.06. The van der Waals surface area contributed by atoms with Crippen LogP contribution >= 0.6 is 11.8 Å². The van der Waals surface area contributed by atoms with Gasteiger partial charge in [0.15, 0.2) is 5.17 Å². The van der Waals surface area contributed by atoms with Crippen LogP contribution in [0.15, 0.2) is 53.5 Å². The van der Waals surface area contributed by atoms with E-state index in [-0.39, 0.29) is 17.7 Å². The highest BCUT2D eigenvalue weighted by Gasteiger charge is 2.34. The molecule has 1 amide bonds. The average molecular weight is 406 g/mol. The zero-order valence-corrected chi connectivity index (χ0v) is 16.3. The van der Waals surface area contributed by atoms with Crippen molar-refractivity contribution < 1.29 is 23.0 Å². The molecule has 28 heavy (non-hydrogen) atoms. The van der Waals surface area contributed by atoms with Crippen molar-refractivity contribution in [3.05, 3.63) is 54.1 Å². The Bertz CT molecular complexity index is 842. The molecule has 1 fully saturated rings. The summed E-state index contributed by atoms with van der Waals surface area (Å²) in [5.41, 5.74) is 1.11. The molecule has 0 bridgehead atoms. The molecular formula is C20H20F2N2O3S. The van der Waals surface area contributed by atoms with Crippen LogP contribution in [0.3, 0.4) is 0 Å². The Morgan fingerprint density at radius 3 is 2.39 bits per heavy atom. The first kappa shape index (κ1) is 20.1. The molecule has 2 aromatic rings. The van der Waals surface area contributed by atoms with E-state index in [9.17, 15) is 13.6 Å². The smallest absolute Gasteiger partial charge is 0.387 e. The van der Waals surface area contributed by atoms with Gasteiger partial charge in [0.25, 0.3) is 5.91 Å². The third kappa shape index (κ3) is 4.62.